The number of amides is 1. The molecule has 0 aromatic rings. The Kier molecular flexibility index (Phi) is 1.78. The molecule has 8 heavy (non-hydrogen) atoms. The number of thiol groups is 1. The molecule has 1 aliphatic rings. The van der Waals surface area contributed by atoms with Gasteiger partial charge in [0.2, 0.25) is 5.91 Å². The van der Waals surface area contributed by atoms with Gasteiger partial charge in [-0.05, 0) is 12.8 Å². The molecular weight excluding hydrogens is 122 g/mol. The lowest BCUT2D eigenvalue weighted by atomic mass is 10.2. The molecule has 1 aliphatic heterocycles. The normalized spacial score (nSPS) is 29.6. The highest BCUT2D eigenvalue weighted by atomic mass is 32.1. The van der Waals surface area contributed by atoms with Gasteiger partial charge in [0.1, 0.15) is 0 Å². The molecule has 1 saturated heterocycles. The summed E-state index contributed by atoms with van der Waals surface area (Å²) in [6, 6.07) is 0. The van der Waals surface area contributed by atoms with Crippen molar-refractivity contribution in [3.05, 3.63) is 0 Å². The smallest absolute Gasteiger partial charge is 0.220 e. The number of piperidine rings is 1. The molecular formula is C5H9NOS. The third-order valence-corrected chi connectivity index (χ3v) is 1.60. The average molecular weight is 131 g/mol. The maximum atomic E-state index is 10.5. The quantitative estimate of drug-likeness (QED) is 0.462. The first kappa shape index (κ1) is 5.95. The number of carbonyl (C=O) groups is 1. The summed E-state index contributed by atoms with van der Waals surface area (Å²) in [5.41, 5.74) is 0. The first-order valence-electron chi connectivity index (χ1n) is 2.76. The summed E-state index contributed by atoms with van der Waals surface area (Å²) in [7, 11) is 0. The van der Waals surface area contributed by atoms with Crippen LogP contribution in [0.3, 0.4) is 0 Å². The molecule has 2 nitrogen and oxygen atoms in total. The molecule has 1 heterocycles. The first-order chi connectivity index (χ1) is 3.79. The van der Waals surface area contributed by atoms with Crippen molar-refractivity contribution >= 4 is 18.5 Å². The minimum absolute atomic E-state index is 0.108. The molecule has 1 fully saturated rings. The van der Waals surface area contributed by atoms with Crippen LogP contribution in [0.2, 0.25) is 0 Å². The summed E-state index contributed by atoms with van der Waals surface area (Å²) in [5.74, 6) is 0.135. The number of nitrogens with one attached hydrogen (secondary N) is 1. The number of carbonyl (C=O) groups excluding carboxylic acids is 1. The lowest BCUT2D eigenvalue weighted by Crippen LogP contribution is -2.34. The highest BCUT2D eigenvalue weighted by molar-refractivity contribution is 7.80. The number of hydrogen-bond acceptors (Lipinski definition) is 2. The maximum absolute atomic E-state index is 10.5. The summed E-state index contributed by atoms with van der Waals surface area (Å²) in [6.45, 7) is 0. The summed E-state index contributed by atoms with van der Waals surface area (Å²) < 4.78 is 0. The topological polar surface area (TPSA) is 29.1 Å². The molecule has 0 radical (unpaired) electrons. The molecule has 1 unspecified atom stereocenters. The molecule has 0 bridgehead atoms. The van der Waals surface area contributed by atoms with Gasteiger partial charge >= 0.3 is 0 Å². The van der Waals surface area contributed by atoms with Crippen LogP contribution in [0.1, 0.15) is 19.3 Å². The second kappa shape index (κ2) is 2.40. The fourth-order valence-electron chi connectivity index (χ4n) is 0.786. The van der Waals surface area contributed by atoms with E-state index in [2.05, 4.69) is 17.9 Å². The molecule has 1 N–H and O–H groups in total. The van der Waals surface area contributed by atoms with Crippen molar-refractivity contribution in [1.29, 1.82) is 0 Å². The molecule has 1 amide bonds. The monoisotopic (exact) mass is 131 g/mol. The zero-order valence-corrected chi connectivity index (χ0v) is 5.45. The molecule has 1 atom stereocenters. The summed E-state index contributed by atoms with van der Waals surface area (Å²) in [4.78, 5) is 10.5. The fourth-order valence-corrected chi connectivity index (χ4v) is 1.11. The van der Waals surface area contributed by atoms with Crippen molar-refractivity contribution in [3.8, 4) is 0 Å². The highest BCUT2D eigenvalue weighted by Gasteiger charge is 2.12. The van der Waals surface area contributed by atoms with Gasteiger partial charge in [-0.3, -0.25) is 4.79 Å². The van der Waals surface area contributed by atoms with Crippen molar-refractivity contribution in [2.24, 2.45) is 0 Å². The van der Waals surface area contributed by atoms with Crippen molar-refractivity contribution in [2.75, 3.05) is 0 Å². The third-order valence-electron chi connectivity index (χ3n) is 1.21. The van der Waals surface area contributed by atoms with E-state index < -0.39 is 0 Å². The van der Waals surface area contributed by atoms with Gasteiger partial charge in [0, 0.05) is 6.42 Å². The molecule has 0 aromatic carbocycles. The van der Waals surface area contributed by atoms with Crippen molar-refractivity contribution < 1.29 is 4.79 Å². The van der Waals surface area contributed by atoms with E-state index in [1.54, 1.807) is 0 Å². The summed E-state index contributed by atoms with van der Waals surface area (Å²) in [6.07, 6.45) is 2.67. The van der Waals surface area contributed by atoms with Gasteiger partial charge in [0.05, 0.1) is 5.37 Å². The Morgan fingerprint density at radius 2 is 2.50 bits per heavy atom. The van der Waals surface area contributed by atoms with E-state index >= 15 is 0 Å². The molecule has 0 spiro atoms. The SMILES string of the molecule is O=C1CCCC(S)N1. The fraction of sp³-hybridized carbons (Fsp3) is 0.800. The van der Waals surface area contributed by atoms with Crippen molar-refractivity contribution in [3.63, 3.8) is 0 Å². The predicted molar refractivity (Wildman–Crippen MR) is 34.8 cm³/mol. The summed E-state index contributed by atoms with van der Waals surface area (Å²) in [5, 5.41) is 2.81. The zero-order chi connectivity index (χ0) is 5.98. The van der Waals surface area contributed by atoms with Gasteiger partial charge in [-0.1, -0.05) is 0 Å². The molecule has 3 heteroatoms. The first-order valence-corrected chi connectivity index (χ1v) is 3.28. The van der Waals surface area contributed by atoms with Crippen LogP contribution in [-0.4, -0.2) is 11.3 Å². The number of rotatable bonds is 0. The van der Waals surface area contributed by atoms with Crippen molar-refractivity contribution in [2.45, 2.75) is 24.6 Å². The van der Waals surface area contributed by atoms with Crippen LogP contribution < -0.4 is 5.32 Å². The average Bonchev–Trinajstić information content (AvgIpc) is 1.64. The Hall–Kier alpha value is -0.180. The van der Waals surface area contributed by atoms with Crippen LogP contribution in [0.5, 0.6) is 0 Å². The molecule has 0 aliphatic carbocycles. The Labute approximate surface area is 54.1 Å². The van der Waals surface area contributed by atoms with Gasteiger partial charge in [0.15, 0.2) is 0 Å². The van der Waals surface area contributed by atoms with Gasteiger partial charge in [-0.25, -0.2) is 0 Å². The van der Waals surface area contributed by atoms with E-state index in [0.717, 1.165) is 12.8 Å². The van der Waals surface area contributed by atoms with Gasteiger partial charge in [-0.15, -0.1) is 0 Å². The van der Waals surface area contributed by atoms with Gasteiger partial charge in [0.25, 0.3) is 0 Å². The van der Waals surface area contributed by atoms with E-state index in [-0.39, 0.29) is 11.3 Å². The second-order valence-electron chi connectivity index (χ2n) is 1.98. The molecule has 0 saturated carbocycles. The van der Waals surface area contributed by atoms with Crippen molar-refractivity contribution in [1.82, 2.24) is 5.32 Å². The van der Waals surface area contributed by atoms with Crippen LogP contribution in [0, 0.1) is 0 Å². The Morgan fingerprint density at radius 1 is 1.75 bits per heavy atom. The molecule has 46 valence electrons. The standard InChI is InChI=1S/C5H9NOS/c7-4-2-1-3-5(8)6-4/h5,8H,1-3H2,(H,6,7). The zero-order valence-electron chi connectivity index (χ0n) is 4.55. The maximum Gasteiger partial charge on any atom is 0.220 e. The summed E-state index contributed by atoms with van der Waals surface area (Å²) >= 11 is 4.09. The van der Waals surface area contributed by atoms with E-state index in [0.29, 0.717) is 6.42 Å². The second-order valence-corrected chi connectivity index (χ2v) is 2.60. The third kappa shape index (κ3) is 1.40. The minimum Gasteiger partial charge on any atom is -0.345 e. The van der Waals surface area contributed by atoms with Crippen LogP contribution >= 0.6 is 12.6 Å². The molecule has 0 aromatic heterocycles. The minimum atomic E-state index is 0.108. The van der Waals surface area contributed by atoms with Crippen LogP contribution in [0.4, 0.5) is 0 Å². The lowest BCUT2D eigenvalue weighted by molar-refractivity contribution is -0.122. The van der Waals surface area contributed by atoms with Crippen LogP contribution in [0.15, 0.2) is 0 Å². The number of hydrogen-bond donors (Lipinski definition) is 2. The lowest BCUT2D eigenvalue weighted by Gasteiger charge is -2.17. The highest BCUT2D eigenvalue weighted by Crippen LogP contribution is 2.09. The Balaban J connectivity index is 2.34. The predicted octanol–water partition coefficient (Wildman–Crippen LogP) is 0.542. The van der Waals surface area contributed by atoms with Gasteiger partial charge < -0.3 is 5.32 Å². The Morgan fingerprint density at radius 3 is 2.88 bits per heavy atom. The van der Waals surface area contributed by atoms with Crippen LogP contribution in [0.25, 0.3) is 0 Å². The van der Waals surface area contributed by atoms with E-state index in [1.807, 2.05) is 0 Å². The van der Waals surface area contributed by atoms with E-state index in [9.17, 15) is 4.79 Å². The van der Waals surface area contributed by atoms with Crippen LogP contribution in [-0.2, 0) is 4.79 Å². The van der Waals surface area contributed by atoms with E-state index in [4.69, 9.17) is 0 Å². The largest absolute Gasteiger partial charge is 0.345 e. The van der Waals surface area contributed by atoms with E-state index in [1.165, 1.54) is 0 Å². The van der Waals surface area contributed by atoms with Gasteiger partial charge in [-0.2, -0.15) is 12.6 Å². The Bertz CT molecular complexity index is 105. The molecule has 1 rings (SSSR count).